The Morgan fingerprint density at radius 2 is 2.50 bits per heavy atom. The molecule has 0 spiro atoms. The number of aromatic amines is 1. The Balaban J connectivity index is 1.69. The molecule has 2 N–H and O–H groups in total. The quantitative estimate of drug-likeness (QED) is 0.783. The number of amides is 1. The third-order valence-electron chi connectivity index (χ3n) is 2.28. The largest absolute Gasteiger partial charge is 0.367 e. The number of H-pyrrole nitrogens is 1. The van der Waals surface area contributed by atoms with Gasteiger partial charge in [0.25, 0.3) is 0 Å². The molecule has 0 saturated heterocycles. The van der Waals surface area contributed by atoms with Crippen LogP contribution >= 0.6 is 0 Å². The van der Waals surface area contributed by atoms with Gasteiger partial charge in [-0.05, 0) is 17.7 Å². The van der Waals surface area contributed by atoms with Gasteiger partial charge in [-0.1, -0.05) is 0 Å². The lowest BCUT2D eigenvalue weighted by atomic mass is 10.3. The van der Waals surface area contributed by atoms with Crippen molar-refractivity contribution >= 4 is 5.91 Å². The van der Waals surface area contributed by atoms with Crippen molar-refractivity contribution in [1.29, 1.82) is 0 Å². The predicted octanol–water partition coefficient (Wildman–Crippen LogP) is 0.918. The Morgan fingerprint density at radius 3 is 3.19 bits per heavy atom. The van der Waals surface area contributed by atoms with E-state index in [2.05, 4.69) is 15.4 Å². The molecule has 0 aliphatic rings. The number of nitrogens with one attached hydrogen (secondary N) is 2. The summed E-state index contributed by atoms with van der Waals surface area (Å²) in [5.41, 5.74) is 1.08. The van der Waals surface area contributed by atoms with Gasteiger partial charge in [-0.15, -0.1) is 0 Å². The molecule has 2 aromatic rings. The molecular formula is C11H14N4O. The number of carbonyl (C=O) groups excluding carboxylic acids is 1. The van der Waals surface area contributed by atoms with Crippen LogP contribution in [-0.2, 0) is 17.9 Å². The summed E-state index contributed by atoms with van der Waals surface area (Å²) in [5.74, 6) is 0.0386. The molecule has 84 valence electrons. The molecule has 0 unspecified atom stereocenters. The van der Waals surface area contributed by atoms with Crippen molar-refractivity contribution < 1.29 is 4.79 Å². The number of hydrogen-bond donors (Lipinski definition) is 2. The lowest BCUT2D eigenvalue weighted by Gasteiger charge is -2.03. The Kier molecular flexibility index (Phi) is 3.38. The van der Waals surface area contributed by atoms with Gasteiger partial charge in [0.1, 0.15) is 0 Å². The second-order valence-electron chi connectivity index (χ2n) is 3.52. The summed E-state index contributed by atoms with van der Waals surface area (Å²) in [6, 6.07) is 3.78. The Labute approximate surface area is 93.5 Å². The lowest BCUT2D eigenvalue weighted by molar-refractivity contribution is -0.121. The number of hydrogen-bond acceptors (Lipinski definition) is 2. The molecule has 0 aliphatic carbocycles. The average Bonchev–Trinajstić information content (AvgIpc) is 2.96. The maximum Gasteiger partial charge on any atom is 0.222 e. The highest BCUT2D eigenvalue weighted by Gasteiger charge is 2.01. The van der Waals surface area contributed by atoms with E-state index < -0.39 is 0 Å². The van der Waals surface area contributed by atoms with Crippen LogP contribution in [0.15, 0.2) is 36.9 Å². The van der Waals surface area contributed by atoms with Crippen molar-refractivity contribution in [3.8, 4) is 0 Å². The molecule has 0 atom stereocenters. The van der Waals surface area contributed by atoms with Crippen molar-refractivity contribution in [2.24, 2.45) is 0 Å². The molecule has 5 heteroatoms. The maximum atomic E-state index is 11.5. The molecule has 2 aromatic heterocycles. The normalized spacial score (nSPS) is 10.2. The van der Waals surface area contributed by atoms with E-state index >= 15 is 0 Å². The minimum absolute atomic E-state index is 0.0386. The van der Waals surface area contributed by atoms with Crippen molar-refractivity contribution in [2.75, 3.05) is 0 Å². The second kappa shape index (κ2) is 5.16. The number of carbonyl (C=O) groups is 1. The zero-order valence-electron chi connectivity index (χ0n) is 8.89. The minimum Gasteiger partial charge on any atom is -0.367 e. The Morgan fingerprint density at radius 1 is 1.56 bits per heavy atom. The predicted molar refractivity (Wildman–Crippen MR) is 59.5 cm³/mol. The van der Waals surface area contributed by atoms with E-state index in [9.17, 15) is 4.79 Å². The summed E-state index contributed by atoms with van der Waals surface area (Å²) in [7, 11) is 0. The first kappa shape index (κ1) is 10.5. The highest BCUT2D eigenvalue weighted by atomic mass is 16.1. The SMILES string of the molecule is O=C(CCn1cccn1)NCc1cc[nH]c1. The molecule has 5 nitrogen and oxygen atoms in total. The molecule has 16 heavy (non-hydrogen) atoms. The summed E-state index contributed by atoms with van der Waals surface area (Å²) in [6.07, 6.45) is 7.71. The monoisotopic (exact) mass is 218 g/mol. The van der Waals surface area contributed by atoms with Crippen LogP contribution in [0.2, 0.25) is 0 Å². The van der Waals surface area contributed by atoms with Crippen LogP contribution in [0.4, 0.5) is 0 Å². The van der Waals surface area contributed by atoms with E-state index in [1.54, 1.807) is 10.9 Å². The zero-order valence-corrected chi connectivity index (χ0v) is 8.89. The lowest BCUT2D eigenvalue weighted by Crippen LogP contribution is -2.23. The van der Waals surface area contributed by atoms with Gasteiger partial charge in [0.2, 0.25) is 5.91 Å². The fourth-order valence-corrected chi connectivity index (χ4v) is 1.41. The van der Waals surface area contributed by atoms with E-state index in [1.165, 1.54) is 0 Å². The van der Waals surface area contributed by atoms with Crippen molar-refractivity contribution in [3.63, 3.8) is 0 Å². The molecule has 1 amide bonds. The highest BCUT2D eigenvalue weighted by molar-refractivity contribution is 5.75. The first-order valence-corrected chi connectivity index (χ1v) is 5.20. The fraction of sp³-hybridized carbons (Fsp3) is 0.273. The van der Waals surface area contributed by atoms with Crippen molar-refractivity contribution in [3.05, 3.63) is 42.5 Å². The van der Waals surface area contributed by atoms with Gasteiger partial charge in [0.05, 0.1) is 0 Å². The smallest absolute Gasteiger partial charge is 0.222 e. The third-order valence-corrected chi connectivity index (χ3v) is 2.28. The van der Waals surface area contributed by atoms with Crippen LogP contribution in [0.3, 0.4) is 0 Å². The minimum atomic E-state index is 0.0386. The van der Waals surface area contributed by atoms with E-state index in [4.69, 9.17) is 0 Å². The van der Waals surface area contributed by atoms with Gasteiger partial charge in [0, 0.05) is 44.3 Å². The molecule has 2 rings (SSSR count). The summed E-state index contributed by atoms with van der Waals surface area (Å²) in [4.78, 5) is 14.4. The van der Waals surface area contributed by atoms with E-state index in [-0.39, 0.29) is 5.91 Å². The molecule has 0 saturated carbocycles. The molecule has 0 bridgehead atoms. The van der Waals surface area contributed by atoms with E-state index in [1.807, 2.05) is 30.7 Å². The molecular weight excluding hydrogens is 204 g/mol. The topological polar surface area (TPSA) is 62.7 Å². The van der Waals surface area contributed by atoms with E-state index in [0.717, 1.165) is 5.56 Å². The van der Waals surface area contributed by atoms with Crippen LogP contribution in [0.25, 0.3) is 0 Å². The van der Waals surface area contributed by atoms with Crippen molar-refractivity contribution in [2.45, 2.75) is 19.5 Å². The number of aryl methyl sites for hydroxylation is 1. The number of nitrogens with zero attached hydrogens (tertiary/aromatic N) is 2. The second-order valence-corrected chi connectivity index (χ2v) is 3.52. The molecule has 0 aliphatic heterocycles. The van der Waals surface area contributed by atoms with Gasteiger partial charge in [-0.25, -0.2) is 0 Å². The maximum absolute atomic E-state index is 11.5. The summed E-state index contributed by atoms with van der Waals surface area (Å²) >= 11 is 0. The standard InChI is InChI=1S/C11H14N4O/c16-11(3-7-15-6-1-4-14-15)13-9-10-2-5-12-8-10/h1-2,4-6,8,12H,3,7,9H2,(H,13,16). The number of rotatable bonds is 5. The van der Waals surface area contributed by atoms with Gasteiger partial charge in [-0.3, -0.25) is 9.48 Å². The number of aromatic nitrogens is 3. The van der Waals surface area contributed by atoms with Crippen LogP contribution in [0.5, 0.6) is 0 Å². The van der Waals surface area contributed by atoms with Gasteiger partial charge < -0.3 is 10.3 Å². The molecule has 0 aromatic carbocycles. The Hall–Kier alpha value is -2.04. The van der Waals surface area contributed by atoms with Crippen LogP contribution in [0, 0.1) is 0 Å². The fourth-order valence-electron chi connectivity index (χ4n) is 1.41. The third kappa shape index (κ3) is 2.98. The molecule has 0 radical (unpaired) electrons. The van der Waals surface area contributed by atoms with Gasteiger partial charge in [0.15, 0.2) is 0 Å². The zero-order chi connectivity index (χ0) is 11.2. The van der Waals surface area contributed by atoms with Crippen LogP contribution in [0.1, 0.15) is 12.0 Å². The molecule has 0 fully saturated rings. The van der Waals surface area contributed by atoms with Crippen molar-refractivity contribution in [1.82, 2.24) is 20.1 Å². The van der Waals surface area contributed by atoms with Gasteiger partial charge in [-0.2, -0.15) is 5.10 Å². The molecule has 2 heterocycles. The van der Waals surface area contributed by atoms with E-state index in [0.29, 0.717) is 19.5 Å². The first-order valence-electron chi connectivity index (χ1n) is 5.20. The van der Waals surface area contributed by atoms with Gasteiger partial charge >= 0.3 is 0 Å². The van der Waals surface area contributed by atoms with Crippen LogP contribution in [-0.4, -0.2) is 20.7 Å². The summed E-state index contributed by atoms with van der Waals surface area (Å²) in [5, 5.41) is 6.88. The Bertz CT molecular complexity index is 379. The highest BCUT2D eigenvalue weighted by Crippen LogP contribution is 1.96. The van der Waals surface area contributed by atoms with Crippen LogP contribution < -0.4 is 5.32 Å². The summed E-state index contributed by atoms with van der Waals surface area (Å²) < 4.78 is 1.75. The average molecular weight is 218 g/mol. The first-order chi connectivity index (χ1) is 7.84. The summed E-state index contributed by atoms with van der Waals surface area (Å²) in [6.45, 7) is 1.19.